The molecule has 2 fully saturated rings. The molecule has 3 aliphatic heterocycles. The van der Waals surface area contributed by atoms with Gasteiger partial charge in [-0.15, -0.1) is 0 Å². The van der Waals surface area contributed by atoms with Crippen LogP contribution in [0.2, 0.25) is 0 Å². The standard InChI is InChI=1S/C27H36N2O9/c1-4-13-37-27(32)29-20-17-22(35-15-8-10-23(30)34-3)21(33-2)16-18(20)25(31)28-12-7-9-19(28)26(29)38-24-11-5-6-14-36-24/h4,16-17,19,24,26H,1,5-15H2,2-3H3/t19-,24?,26-/m0/s1. The lowest BCUT2D eigenvalue weighted by atomic mass is 10.1. The molecule has 0 aromatic heterocycles. The molecule has 38 heavy (non-hydrogen) atoms. The monoisotopic (exact) mass is 532 g/mol. The number of carbonyl (C=O) groups excluding carboxylic acids is 3. The molecule has 3 aliphatic rings. The fourth-order valence-corrected chi connectivity index (χ4v) is 5.03. The number of esters is 1. The molecule has 1 unspecified atom stereocenters. The van der Waals surface area contributed by atoms with Crippen molar-refractivity contribution in [3.8, 4) is 11.5 Å². The first-order valence-corrected chi connectivity index (χ1v) is 13.0. The van der Waals surface area contributed by atoms with Gasteiger partial charge in [-0.25, -0.2) is 9.69 Å². The van der Waals surface area contributed by atoms with Gasteiger partial charge in [0.15, 0.2) is 24.0 Å². The fourth-order valence-electron chi connectivity index (χ4n) is 5.03. The predicted molar refractivity (Wildman–Crippen MR) is 136 cm³/mol. The van der Waals surface area contributed by atoms with Crippen molar-refractivity contribution in [1.29, 1.82) is 0 Å². The number of benzene rings is 1. The van der Waals surface area contributed by atoms with Gasteiger partial charge in [-0.05, 0) is 44.6 Å². The van der Waals surface area contributed by atoms with Crippen molar-refractivity contribution >= 4 is 23.7 Å². The molecular formula is C27H36N2O9. The van der Waals surface area contributed by atoms with Crippen LogP contribution in [0.4, 0.5) is 10.5 Å². The van der Waals surface area contributed by atoms with E-state index in [0.717, 1.165) is 19.3 Å². The van der Waals surface area contributed by atoms with Gasteiger partial charge >= 0.3 is 12.1 Å². The molecule has 0 aliphatic carbocycles. The quantitative estimate of drug-likeness (QED) is 0.253. The third kappa shape index (κ3) is 6.05. The van der Waals surface area contributed by atoms with E-state index in [2.05, 4.69) is 11.3 Å². The molecule has 3 heterocycles. The number of ether oxygens (including phenoxy) is 6. The van der Waals surface area contributed by atoms with Gasteiger partial charge in [0.25, 0.3) is 5.91 Å². The van der Waals surface area contributed by atoms with Crippen molar-refractivity contribution in [2.45, 2.75) is 63.5 Å². The topological polar surface area (TPSA) is 113 Å². The highest BCUT2D eigenvalue weighted by Crippen LogP contribution is 2.42. The summed E-state index contributed by atoms with van der Waals surface area (Å²) in [5.41, 5.74) is 0.574. The third-order valence-corrected chi connectivity index (χ3v) is 6.88. The molecule has 3 atom stereocenters. The number of nitrogens with zero attached hydrogens (tertiary/aromatic N) is 2. The SMILES string of the molecule is C=CCOC(=O)N1c2cc(OCCCC(=O)OC)c(OC)cc2C(=O)N2CCC[C@H]2[C@@H]1OC1CCCCO1. The van der Waals surface area contributed by atoms with Gasteiger partial charge in [-0.1, -0.05) is 12.7 Å². The molecule has 0 spiro atoms. The van der Waals surface area contributed by atoms with Crippen LogP contribution in [0, 0.1) is 0 Å². The lowest BCUT2D eigenvalue weighted by Gasteiger charge is -2.38. The molecule has 11 nitrogen and oxygen atoms in total. The first-order chi connectivity index (χ1) is 18.5. The summed E-state index contributed by atoms with van der Waals surface area (Å²) in [5.74, 6) is 0.0884. The average molecular weight is 533 g/mol. The van der Waals surface area contributed by atoms with Crippen LogP contribution < -0.4 is 14.4 Å². The van der Waals surface area contributed by atoms with Gasteiger partial charge < -0.3 is 33.3 Å². The van der Waals surface area contributed by atoms with E-state index in [1.54, 1.807) is 17.0 Å². The Morgan fingerprint density at radius 2 is 2.00 bits per heavy atom. The molecule has 11 heteroatoms. The maximum atomic E-state index is 13.8. The van der Waals surface area contributed by atoms with Crippen LogP contribution in [-0.4, -0.2) is 82.0 Å². The van der Waals surface area contributed by atoms with Crippen molar-refractivity contribution in [2.24, 2.45) is 0 Å². The Balaban J connectivity index is 1.74. The number of fused-ring (bicyclic) bond motifs is 2. The third-order valence-electron chi connectivity index (χ3n) is 6.88. The summed E-state index contributed by atoms with van der Waals surface area (Å²) in [6.07, 6.45) is 4.11. The Morgan fingerprint density at radius 1 is 1.16 bits per heavy atom. The number of methoxy groups -OCH3 is 2. The van der Waals surface area contributed by atoms with Gasteiger partial charge in [0.2, 0.25) is 0 Å². The van der Waals surface area contributed by atoms with Gasteiger partial charge in [0, 0.05) is 25.6 Å². The highest BCUT2D eigenvalue weighted by Gasteiger charge is 2.47. The van der Waals surface area contributed by atoms with Crippen molar-refractivity contribution < 1.29 is 42.8 Å². The van der Waals surface area contributed by atoms with E-state index in [-0.39, 0.29) is 43.1 Å². The van der Waals surface area contributed by atoms with Crippen molar-refractivity contribution in [3.05, 3.63) is 30.4 Å². The Morgan fingerprint density at radius 3 is 2.71 bits per heavy atom. The molecule has 2 amide bonds. The first kappa shape index (κ1) is 27.7. The smallest absolute Gasteiger partial charge is 0.416 e. The van der Waals surface area contributed by atoms with Crippen molar-refractivity contribution in [3.63, 3.8) is 0 Å². The van der Waals surface area contributed by atoms with Crippen LogP contribution in [0.3, 0.4) is 0 Å². The first-order valence-electron chi connectivity index (χ1n) is 13.0. The van der Waals surface area contributed by atoms with Gasteiger partial charge in [-0.3, -0.25) is 9.59 Å². The zero-order chi connectivity index (χ0) is 27.1. The minimum atomic E-state index is -0.830. The van der Waals surface area contributed by atoms with Crippen LogP contribution in [0.15, 0.2) is 24.8 Å². The van der Waals surface area contributed by atoms with Crippen LogP contribution in [0.1, 0.15) is 55.3 Å². The summed E-state index contributed by atoms with van der Waals surface area (Å²) in [5, 5.41) is 0. The van der Waals surface area contributed by atoms with Crippen molar-refractivity contribution in [2.75, 3.05) is 45.5 Å². The van der Waals surface area contributed by atoms with Crippen LogP contribution in [-0.2, 0) is 23.7 Å². The van der Waals surface area contributed by atoms with Crippen LogP contribution in [0.25, 0.3) is 0 Å². The Kier molecular flexibility index (Phi) is 9.46. The normalized spacial score (nSPS) is 22.7. The second-order valence-corrected chi connectivity index (χ2v) is 9.31. The van der Waals surface area contributed by atoms with E-state index >= 15 is 0 Å². The molecule has 0 bridgehead atoms. The molecule has 0 N–H and O–H groups in total. The number of anilines is 1. The second kappa shape index (κ2) is 13.0. The highest BCUT2D eigenvalue weighted by molar-refractivity contribution is 6.06. The average Bonchev–Trinajstić information content (AvgIpc) is 3.40. The van der Waals surface area contributed by atoms with E-state index < -0.39 is 18.6 Å². The van der Waals surface area contributed by atoms with Crippen LogP contribution in [0.5, 0.6) is 11.5 Å². The zero-order valence-corrected chi connectivity index (χ0v) is 22.0. The number of hydrogen-bond acceptors (Lipinski definition) is 9. The van der Waals surface area contributed by atoms with E-state index in [4.69, 9.17) is 23.7 Å². The number of carbonyl (C=O) groups is 3. The minimum Gasteiger partial charge on any atom is -0.493 e. The molecular weight excluding hydrogens is 496 g/mol. The molecule has 0 saturated carbocycles. The largest absolute Gasteiger partial charge is 0.493 e. The summed E-state index contributed by atoms with van der Waals surface area (Å²) in [6.45, 7) is 4.94. The molecule has 0 radical (unpaired) electrons. The van der Waals surface area contributed by atoms with Gasteiger partial charge in [0.05, 0.1) is 38.1 Å². The maximum absolute atomic E-state index is 13.8. The number of rotatable bonds is 10. The summed E-state index contributed by atoms with van der Waals surface area (Å²) in [4.78, 5) is 41.9. The predicted octanol–water partition coefficient (Wildman–Crippen LogP) is 3.64. The summed E-state index contributed by atoms with van der Waals surface area (Å²) in [7, 11) is 2.81. The van der Waals surface area contributed by atoms with Gasteiger partial charge in [-0.2, -0.15) is 0 Å². The maximum Gasteiger partial charge on any atom is 0.416 e. The summed E-state index contributed by atoms with van der Waals surface area (Å²) < 4.78 is 33.9. The van der Waals surface area contributed by atoms with Crippen LogP contribution >= 0.6 is 0 Å². The number of amides is 2. The summed E-state index contributed by atoms with van der Waals surface area (Å²) in [6, 6.07) is 2.79. The van der Waals surface area contributed by atoms with Gasteiger partial charge in [0.1, 0.15) is 6.61 Å². The second-order valence-electron chi connectivity index (χ2n) is 9.31. The van der Waals surface area contributed by atoms with E-state index in [1.807, 2.05) is 0 Å². The molecule has 2 saturated heterocycles. The summed E-state index contributed by atoms with van der Waals surface area (Å²) >= 11 is 0. The van der Waals surface area contributed by atoms with E-state index in [1.165, 1.54) is 25.2 Å². The molecule has 208 valence electrons. The Hall–Kier alpha value is -3.31. The van der Waals surface area contributed by atoms with E-state index in [0.29, 0.717) is 49.6 Å². The van der Waals surface area contributed by atoms with Crippen molar-refractivity contribution in [1.82, 2.24) is 4.90 Å². The fraction of sp³-hybridized carbons (Fsp3) is 0.593. The Labute approximate surface area is 222 Å². The highest BCUT2D eigenvalue weighted by atomic mass is 16.7. The minimum absolute atomic E-state index is 0.00726. The number of hydrogen-bond donors (Lipinski definition) is 0. The molecule has 1 aromatic carbocycles. The lowest BCUT2D eigenvalue weighted by molar-refractivity contribution is -0.195. The molecule has 1 aromatic rings. The Bertz CT molecular complexity index is 1020. The lowest BCUT2D eigenvalue weighted by Crippen LogP contribution is -2.54. The zero-order valence-electron chi connectivity index (χ0n) is 22.0. The molecule has 4 rings (SSSR count). The van der Waals surface area contributed by atoms with E-state index in [9.17, 15) is 14.4 Å².